The number of hydrogen-bond acceptors (Lipinski definition) is 0. The molecule has 1 spiro atoms. The lowest BCUT2D eigenvalue weighted by Gasteiger charge is -2.33. The Morgan fingerprint density at radius 3 is 1.67 bits per heavy atom. The van der Waals surface area contributed by atoms with E-state index in [1.807, 2.05) is 0 Å². The fourth-order valence-electron chi connectivity index (χ4n) is 4.67. The molecule has 0 radical (unpaired) electrons. The van der Waals surface area contributed by atoms with E-state index in [0.717, 1.165) is 0 Å². The van der Waals surface area contributed by atoms with Gasteiger partial charge in [-0.1, -0.05) is 57.1 Å². The SMILES string of the molecule is C=CC1=C(C)C2(CC(C)(C)C(C)=C2C)CC1(C)C. The lowest BCUT2D eigenvalue weighted by atomic mass is 9.70. The Kier molecular flexibility index (Phi) is 2.74. The van der Waals surface area contributed by atoms with E-state index in [9.17, 15) is 0 Å². The van der Waals surface area contributed by atoms with Crippen molar-refractivity contribution < 1.29 is 0 Å². The molecule has 1 unspecified atom stereocenters. The molecule has 0 nitrogen and oxygen atoms in total. The summed E-state index contributed by atoms with van der Waals surface area (Å²) in [5.74, 6) is 0. The van der Waals surface area contributed by atoms with E-state index in [1.54, 1.807) is 16.7 Å². The topological polar surface area (TPSA) is 0 Å². The summed E-state index contributed by atoms with van der Waals surface area (Å²) < 4.78 is 0. The van der Waals surface area contributed by atoms with Crippen LogP contribution >= 0.6 is 0 Å². The van der Waals surface area contributed by atoms with Gasteiger partial charge in [0.2, 0.25) is 0 Å². The fourth-order valence-corrected chi connectivity index (χ4v) is 4.67. The third kappa shape index (κ3) is 1.51. The van der Waals surface area contributed by atoms with Crippen molar-refractivity contribution in [1.82, 2.24) is 0 Å². The van der Waals surface area contributed by atoms with Gasteiger partial charge in [0.05, 0.1) is 0 Å². The van der Waals surface area contributed by atoms with Gasteiger partial charge in [-0.05, 0) is 50.0 Å². The number of allylic oxidation sites excluding steroid dienone is 5. The molecular weight excluding hydrogens is 216 g/mol. The van der Waals surface area contributed by atoms with E-state index in [-0.39, 0.29) is 5.41 Å². The second-order valence-electron chi connectivity index (χ2n) is 7.70. The van der Waals surface area contributed by atoms with Gasteiger partial charge in [0.15, 0.2) is 0 Å². The molecule has 0 aromatic heterocycles. The Bertz CT molecular complexity index is 468. The molecule has 1 atom stereocenters. The van der Waals surface area contributed by atoms with Gasteiger partial charge in [-0.2, -0.15) is 0 Å². The van der Waals surface area contributed by atoms with Crippen LogP contribution in [0.3, 0.4) is 0 Å². The highest BCUT2D eigenvalue weighted by Gasteiger charge is 2.54. The second kappa shape index (κ2) is 3.62. The highest BCUT2D eigenvalue weighted by molar-refractivity contribution is 5.49. The second-order valence-corrected chi connectivity index (χ2v) is 7.70. The number of rotatable bonds is 1. The van der Waals surface area contributed by atoms with Crippen molar-refractivity contribution in [3.05, 3.63) is 34.9 Å². The average Bonchev–Trinajstić information content (AvgIpc) is 2.52. The van der Waals surface area contributed by atoms with Crippen molar-refractivity contribution in [3.63, 3.8) is 0 Å². The smallest absolute Gasteiger partial charge is 0.0140 e. The van der Waals surface area contributed by atoms with Crippen LogP contribution in [0.15, 0.2) is 34.9 Å². The van der Waals surface area contributed by atoms with Crippen molar-refractivity contribution in [3.8, 4) is 0 Å². The van der Waals surface area contributed by atoms with Gasteiger partial charge in [-0.3, -0.25) is 0 Å². The maximum Gasteiger partial charge on any atom is 0.0140 e. The number of hydrogen-bond donors (Lipinski definition) is 0. The molecule has 0 saturated heterocycles. The Morgan fingerprint density at radius 2 is 1.33 bits per heavy atom. The summed E-state index contributed by atoms with van der Waals surface area (Å²) in [5, 5.41) is 0. The van der Waals surface area contributed by atoms with Crippen LogP contribution in [-0.2, 0) is 0 Å². The van der Waals surface area contributed by atoms with Gasteiger partial charge in [-0.15, -0.1) is 0 Å². The first kappa shape index (κ1) is 13.6. The largest absolute Gasteiger partial charge is 0.0988 e. The first-order valence-corrected chi connectivity index (χ1v) is 7.11. The Morgan fingerprint density at radius 1 is 0.833 bits per heavy atom. The van der Waals surface area contributed by atoms with Crippen molar-refractivity contribution >= 4 is 0 Å². The van der Waals surface area contributed by atoms with E-state index in [2.05, 4.69) is 61.1 Å². The first-order chi connectivity index (χ1) is 8.08. The summed E-state index contributed by atoms with van der Waals surface area (Å²) in [6.45, 7) is 20.6. The van der Waals surface area contributed by atoms with Crippen LogP contribution in [-0.4, -0.2) is 0 Å². The normalized spacial score (nSPS) is 33.7. The van der Waals surface area contributed by atoms with Crippen LogP contribution in [0, 0.1) is 16.2 Å². The summed E-state index contributed by atoms with van der Waals surface area (Å²) in [4.78, 5) is 0. The minimum Gasteiger partial charge on any atom is -0.0988 e. The quantitative estimate of drug-likeness (QED) is 0.521. The van der Waals surface area contributed by atoms with E-state index >= 15 is 0 Å². The summed E-state index contributed by atoms with van der Waals surface area (Å²) in [7, 11) is 0. The molecule has 0 bridgehead atoms. The average molecular weight is 244 g/mol. The molecule has 0 aromatic carbocycles. The maximum atomic E-state index is 4.05. The van der Waals surface area contributed by atoms with Crippen molar-refractivity contribution in [2.45, 2.75) is 61.3 Å². The molecule has 100 valence electrons. The molecule has 18 heavy (non-hydrogen) atoms. The predicted octanol–water partition coefficient (Wildman–Crippen LogP) is 5.67. The molecule has 2 aliphatic rings. The van der Waals surface area contributed by atoms with Gasteiger partial charge in [0.1, 0.15) is 0 Å². The zero-order chi connectivity index (χ0) is 13.9. The Labute approximate surface area is 113 Å². The molecule has 0 N–H and O–H groups in total. The lowest BCUT2D eigenvalue weighted by Crippen LogP contribution is -2.23. The predicted molar refractivity (Wildman–Crippen MR) is 80.5 cm³/mol. The lowest BCUT2D eigenvalue weighted by molar-refractivity contribution is 0.258. The van der Waals surface area contributed by atoms with Gasteiger partial charge in [0.25, 0.3) is 0 Å². The summed E-state index contributed by atoms with van der Waals surface area (Å²) in [6, 6.07) is 0. The van der Waals surface area contributed by atoms with Gasteiger partial charge in [0, 0.05) is 5.41 Å². The molecular formula is C18H28. The van der Waals surface area contributed by atoms with E-state index in [4.69, 9.17) is 0 Å². The molecule has 2 aliphatic carbocycles. The summed E-state index contributed by atoms with van der Waals surface area (Å²) >= 11 is 0. The third-order valence-corrected chi connectivity index (χ3v) is 5.84. The molecule has 0 saturated carbocycles. The fraction of sp³-hybridized carbons (Fsp3) is 0.667. The monoisotopic (exact) mass is 244 g/mol. The molecule has 0 amide bonds. The van der Waals surface area contributed by atoms with E-state index in [1.165, 1.54) is 18.4 Å². The van der Waals surface area contributed by atoms with Crippen molar-refractivity contribution in [2.24, 2.45) is 16.2 Å². The van der Waals surface area contributed by atoms with Crippen molar-refractivity contribution in [2.75, 3.05) is 0 Å². The first-order valence-electron chi connectivity index (χ1n) is 7.11. The summed E-state index contributed by atoms with van der Waals surface area (Å²) in [5.41, 5.74) is 7.20. The zero-order valence-electron chi connectivity index (χ0n) is 13.2. The Hall–Kier alpha value is -0.780. The minimum absolute atomic E-state index is 0.272. The molecule has 0 heterocycles. The van der Waals surface area contributed by atoms with Gasteiger partial charge < -0.3 is 0 Å². The molecule has 0 aromatic rings. The van der Waals surface area contributed by atoms with E-state index < -0.39 is 0 Å². The third-order valence-electron chi connectivity index (χ3n) is 5.84. The van der Waals surface area contributed by atoms with Gasteiger partial charge in [-0.25, -0.2) is 0 Å². The maximum absolute atomic E-state index is 4.05. The van der Waals surface area contributed by atoms with Crippen LogP contribution in [0.1, 0.15) is 61.3 Å². The summed E-state index contributed by atoms with van der Waals surface area (Å²) in [6.07, 6.45) is 4.61. The molecule has 0 heteroatoms. The van der Waals surface area contributed by atoms with Crippen LogP contribution in [0.5, 0.6) is 0 Å². The Balaban J connectivity index is 2.63. The molecule has 0 fully saturated rings. The molecule has 2 rings (SSSR count). The van der Waals surface area contributed by atoms with Crippen molar-refractivity contribution in [1.29, 1.82) is 0 Å². The zero-order valence-corrected chi connectivity index (χ0v) is 13.2. The van der Waals surface area contributed by atoms with E-state index in [0.29, 0.717) is 10.8 Å². The van der Waals surface area contributed by atoms with Crippen LogP contribution in [0.4, 0.5) is 0 Å². The highest BCUT2D eigenvalue weighted by atomic mass is 14.6. The molecule has 0 aliphatic heterocycles. The van der Waals surface area contributed by atoms with Crippen LogP contribution in [0.2, 0.25) is 0 Å². The standard InChI is InChI=1S/C18H28/c1-9-15-14(4)18(11-17(15,7)8)10-16(5,6)12(2)13(18)3/h9H,1,10-11H2,2-8H3. The highest BCUT2D eigenvalue weighted by Crippen LogP contribution is 2.65. The minimum atomic E-state index is 0.272. The van der Waals surface area contributed by atoms with Crippen LogP contribution in [0.25, 0.3) is 0 Å². The van der Waals surface area contributed by atoms with Crippen LogP contribution < -0.4 is 0 Å². The van der Waals surface area contributed by atoms with Gasteiger partial charge >= 0.3 is 0 Å².